The molecule has 0 rings (SSSR count). The summed E-state index contributed by atoms with van der Waals surface area (Å²) in [5.41, 5.74) is 3.27. The van der Waals surface area contributed by atoms with Crippen LogP contribution in [-0.4, -0.2) is 17.5 Å². The van der Waals surface area contributed by atoms with Crippen LogP contribution >= 0.6 is 0 Å². The van der Waals surface area contributed by atoms with Crippen molar-refractivity contribution in [3.05, 3.63) is 11.3 Å². The van der Waals surface area contributed by atoms with Gasteiger partial charge in [-0.25, -0.2) is 0 Å². The molecule has 0 aliphatic rings. The maximum atomic E-state index is 2.58. The Balaban J connectivity index is 5.00. The molecule has 0 aliphatic carbocycles. The van der Waals surface area contributed by atoms with Crippen molar-refractivity contribution in [3.63, 3.8) is 0 Å². The summed E-state index contributed by atoms with van der Waals surface area (Å²) in [6.07, 6.45) is 2.44. The zero-order valence-corrected chi connectivity index (χ0v) is 12.6. The topological polar surface area (TPSA) is 3.24 Å². The molecule has 96 valence electrons. The van der Waals surface area contributed by atoms with Crippen LogP contribution in [0.15, 0.2) is 11.3 Å². The number of nitrogens with zero attached hydrogens (tertiary/aromatic N) is 1. The lowest BCUT2D eigenvalue weighted by atomic mass is 9.81. The van der Waals surface area contributed by atoms with Gasteiger partial charge in [0.2, 0.25) is 0 Å². The van der Waals surface area contributed by atoms with E-state index in [9.17, 15) is 0 Å². The van der Waals surface area contributed by atoms with Crippen molar-refractivity contribution in [1.82, 2.24) is 4.90 Å². The van der Waals surface area contributed by atoms with Crippen molar-refractivity contribution < 1.29 is 0 Å². The third-order valence-corrected chi connectivity index (χ3v) is 4.13. The first-order chi connectivity index (χ1) is 7.27. The highest BCUT2D eigenvalue weighted by Gasteiger charge is 2.28. The lowest BCUT2D eigenvalue weighted by molar-refractivity contribution is 0.127. The predicted octanol–water partition coefficient (Wildman–Crippen LogP) is 4.84. The lowest BCUT2D eigenvalue weighted by Gasteiger charge is -2.42. The average molecular weight is 225 g/mol. The molecule has 0 aromatic rings. The number of hydrogen-bond donors (Lipinski definition) is 0. The van der Waals surface area contributed by atoms with Gasteiger partial charge in [-0.2, -0.15) is 0 Å². The van der Waals surface area contributed by atoms with Crippen molar-refractivity contribution in [3.8, 4) is 0 Å². The second kappa shape index (κ2) is 6.32. The van der Waals surface area contributed by atoms with Crippen LogP contribution in [0.4, 0.5) is 0 Å². The molecule has 16 heavy (non-hydrogen) atoms. The van der Waals surface area contributed by atoms with Gasteiger partial charge in [0.05, 0.1) is 0 Å². The maximum Gasteiger partial charge on any atom is 0.0309 e. The van der Waals surface area contributed by atoms with Crippen LogP contribution in [0.25, 0.3) is 0 Å². The smallest absolute Gasteiger partial charge is 0.0309 e. The predicted molar refractivity (Wildman–Crippen MR) is 74.6 cm³/mol. The summed E-state index contributed by atoms with van der Waals surface area (Å²) in [7, 11) is 0. The van der Waals surface area contributed by atoms with E-state index in [1.54, 1.807) is 0 Å². The summed E-state index contributed by atoms with van der Waals surface area (Å²) >= 11 is 0. The highest BCUT2D eigenvalue weighted by molar-refractivity contribution is 5.08. The van der Waals surface area contributed by atoms with Crippen LogP contribution in [0.3, 0.4) is 0 Å². The van der Waals surface area contributed by atoms with Crippen molar-refractivity contribution in [2.24, 2.45) is 5.41 Å². The van der Waals surface area contributed by atoms with E-state index in [0.29, 0.717) is 11.5 Å². The van der Waals surface area contributed by atoms with E-state index in [1.165, 1.54) is 30.7 Å². The Kier molecular flexibility index (Phi) is 6.14. The molecule has 1 atom stereocenters. The van der Waals surface area contributed by atoms with E-state index in [-0.39, 0.29) is 0 Å². The minimum atomic E-state index is 0.381. The SMILES string of the molecule is CCCN(C(C)=C(C)C)C(C)C(C)(C)CC. The zero-order chi connectivity index (χ0) is 12.9. The number of hydrogen-bond acceptors (Lipinski definition) is 1. The minimum Gasteiger partial charge on any atom is -0.372 e. The molecule has 0 radical (unpaired) electrons. The fourth-order valence-corrected chi connectivity index (χ4v) is 1.90. The second-order valence-electron chi connectivity index (χ2n) is 5.80. The van der Waals surface area contributed by atoms with Crippen LogP contribution in [0.1, 0.15) is 68.2 Å². The first-order valence-electron chi connectivity index (χ1n) is 6.68. The van der Waals surface area contributed by atoms with Crippen LogP contribution in [0.5, 0.6) is 0 Å². The monoisotopic (exact) mass is 225 g/mol. The van der Waals surface area contributed by atoms with Crippen molar-refractivity contribution in [2.75, 3.05) is 6.54 Å². The highest BCUT2D eigenvalue weighted by atomic mass is 15.2. The second-order valence-corrected chi connectivity index (χ2v) is 5.80. The van der Waals surface area contributed by atoms with Crippen molar-refractivity contribution in [2.45, 2.75) is 74.3 Å². The molecule has 0 bridgehead atoms. The standard InChI is InChI=1S/C15H31N/c1-9-11-16(13(5)12(3)4)14(6)15(7,8)10-2/h14H,9-11H2,1-8H3. The quantitative estimate of drug-likeness (QED) is 0.625. The summed E-state index contributed by atoms with van der Waals surface area (Å²) in [6, 6.07) is 0.604. The normalized spacial score (nSPS) is 13.5. The van der Waals surface area contributed by atoms with Gasteiger partial charge in [0, 0.05) is 18.3 Å². The molecule has 1 unspecified atom stereocenters. The summed E-state index contributed by atoms with van der Waals surface area (Å²) in [6.45, 7) is 19.5. The Morgan fingerprint density at radius 2 is 1.62 bits per heavy atom. The molecule has 0 aromatic heterocycles. The van der Waals surface area contributed by atoms with Gasteiger partial charge in [0.15, 0.2) is 0 Å². The van der Waals surface area contributed by atoms with Gasteiger partial charge in [-0.3, -0.25) is 0 Å². The maximum absolute atomic E-state index is 2.58. The number of rotatable bonds is 6. The fourth-order valence-electron chi connectivity index (χ4n) is 1.90. The molecule has 0 saturated heterocycles. The van der Waals surface area contributed by atoms with Gasteiger partial charge >= 0.3 is 0 Å². The zero-order valence-electron chi connectivity index (χ0n) is 12.6. The van der Waals surface area contributed by atoms with Crippen molar-refractivity contribution in [1.29, 1.82) is 0 Å². The van der Waals surface area contributed by atoms with Gasteiger partial charge < -0.3 is 4.90 Å². The van der Waals surface area contributed by atoms with E-state index >= 15 is 0 Å². The van der Waals surface area contributed by atoms with Gasteiger partial charge in [0.1, 0.15) is 0 Å². The Morgan fingerprint density at radius 3 is 1.94 bits per heavy atom. The Hall–Kier alpha value is -0.460. The molecule has 0 heterocycles. The van der Waals surface area contributed by atoms with E-state index in [1.807, 2.05) is 0 Å². The van der Waals surface area contributed by atoms with E-state index in [0.717, 1.165) is 0 Å². The molecule has 0 saturated carbocycles. The van der Waals surface area contributed by atoms with Crippen LogP contribution in [-0.2, 0) is 0 Å². The summed E-state index contributed by atoms with van der Waals surface area (Å²) in [5.74, 6) is 0. The Labute approximate surface area is 103 Å². The van der Waals surface area contributed by atoms with Gasteiger partial charge in [-0.1, -0.05) is 33.3 Å². The van der Waals surface area contributed by atoms with Gasteiger partial charge in [-0.05, 0) is 46.0 Å². The average Bonchev–Trinajstić information content (AvgIpc) is 2.23. The minimum absolute atomic E-state index is 0.381. The summed E-state index contributed by atoms with van der Waals surface area (Å²) in [4.78, 5) is 2.58. The van der Waals surface area contributed by atoms with Gasteiger partial charge in [-0.15, -0.1) is 0 Å². The number of allylic oxidation sites excluding steroid dienone is 2. The molecule has 0 amide bonds. The molecule has 0 N–H and O–H groups in total. The van der Waals surface area contributed by atoms with E-state index < -0.39 is 0 Å². The van der Waals surface area contributed by atoms with Crippen molar-refractivity contribution >= 4 is 0 Å². The highest BCUT2D eigenvalue weighted by Crippen LogP contribution is 2.31. The Morgan fingerprint density at radius 1 is 1.12 bits per heavy atom. The largest absolute Gasteiger partial charge is 0.372 e. The molecule has 0 aromatic carbocycles. The fraction of sp³-hybridized carbons (Fsp3) is 0.867. The first-order valence-corrected chi connectivity index (χ1v) is 6.68. The molecule has 1 heteroatoms. The molecule has 0 aliphatic heterocycles. The third-order valence-electron chi connectivity index (χ3n) is 4.13. The molecule has 0 fully saturated rings. The lowest BCUT2D eigenvalue weighted by Crippen LogP contribution is -2.42. The van der Waals surface area contributed by atoms with Crippen LogP contribution in [0, 0.1) is 5.41 Å². The molecule has 0 spiro atoms. The summed E-state index contributed by atoms with van der Waals surface area (Å²) < 4.78 is 0. The molecular weight excluding hydrogens is 194 g/mol. The third kappa shape index (κ3) is 3.84. The summed E-state index contributed by atoms with van der Waals surface area (Å²) in [5, 5.41) is 0. The molecular formula is C15H31N. The molecule has 1 nitrogen and oxygen atoms in total. The Bertz CT molecular complexity index is 234. The van der Waals surface area contributed by atoms with E-state index in [2.05, 4.69) is 60.3 Å². The van der Waals surface area contributed by atoms with Crippen LogP contribution in [0.2, 0.25) is 0 Å². The first kappa shape index (κ1) is 15.5. The van der Waals surface area contributed by atoms with E-state index in [4.69, 9.17) is 0 Å². The van der Waals surface area contributed by atoms with Crippen LogP contribution < -0.4 is 0 Å². The van der Waals surface area contributed by atoms with Gasteiger partial charge in [0.25, 0.3) is 0 Å².